The number of rotatable bonds is 7. The first-order valence-corrected chi connectivity index (χ1v) is 9.76. The van der Waals surface area contributed by atoms with Gasteiger partial charge in [-0.3, -0.25) is 4.79 Å². The maximum Gasteiger partial charge on any atom is 0.271 e. The number of amides is 1. The second-order valence-electron chi connectivity index (χ2n) is 6.42. The summed E-state index contributed by atoms with van der Waals surface area (Å²) in [5.41, 5.74) is 7.22. The molecule has 0 fully saturated rings. The monoisotopic (exact) mass is 370 g/mol. The van der Waals surface area contributed by atoms with Crippen LogP contribution in [0.25, 0.3) is 0 Å². The van der Waals surface area contributed by atoms with Crippen LogP contribution in [-0.2, 0) is 5.75 Å². The van der Waals surface area contributed by atoms with Gasteiger partial charge in [0.2, 0.25) is 0 Å². The Morgan fingerprint density at radius 1 is 1.19 bits per heavy atom. The minimum atomic E-state index is -0.190. The van der Waals surface area contributed by atoms with E-state index >= 15 is 0 Å². The standard InChI is InChI=1S/C20H26N4OS/c1-6-13(2)16(5)23-24-19(25)18-9-7-17(8-10-18)12-26-20-21-14(3)11-15(4)22-20/h7-11,13H,6,12H2,1-5H3,(H,24,25)/b23-16-/t13-/m0/s1. The molecule has 0 spiro atoms. The van der Waals surface area contributed by atoms with E-state index in [0.29, 0.717) is 11.5 Å². The van der Waals surface area contributed by atoms with Crippen LogP contribution in [0.2, 0.25) is 0 Å². The second kappa shape index (κ2) is 9.48. The first-order valence-electron chi connectivity index (χ1n) is 8.77. The van der Waals surface area contributed by atoms with Gasteiger partial charge in [0.25, 0.3) is 5.91 Å². The third-order valence-electron chi connectivity index (χ3n) is 4.21. The lowest BCUT2D eigenvalue weighted by Gasteiger charge is -2.08. The number of nitrogens with zero attached hydrogens (tertiary/aromatic N) is 3. The van der Waals surface area contributed by atoms with E-state index in [1.165, 1.54) is 0 Å². The average molecular weight is 371 g/mol. The van der Waals surface area contributed by atoms with Crippen molar-refractivity contribution in [2.45, 2.75) is 51.9 Å². The van der Waals surface area contributed by atoms with Crippen LogP contribution in [0.5, 0.6) is 0 Å². The zero-order valence-corrected chi connectivity index (χ0v) is 16.9. The normalized spacial score (nSPS) is 12.7. The van der Waals surface area contributed by atoms with Gasteiger partial charge in [0.05, 0.1) is 0 Å². The summed E-state index contributed by atoms with van der Waals surface area (Å²) in [4.78, 5) is 21.0. The molecule has 0 aliphatic heterocycles. The van der Waals surface area contributed by atoms with Gasteiger partial charge in [-0.15, -0.1) is 0 Å². The van der Waals surface area contributed by atoms with Crippen molar-refractivity contribution in [3.63, 3.8) is 0 Å². The largest absolute Gasteiger partial charge is 0.271 e. The lowest BCUT2D eigenvalue weighted by Crippen LogP contribution is -2.20. The lowest BCUT2D eigenvalue weighted by atomic mass is 10.1. The summed E-state index contributed by atoms with van der Waals surface area (Å²) in [5, 5.41) is 4.96. The summed E-state index contributed by atoms with van der Waals surface area (Å²) in [6, 6.07) is 9.51. The number of hydrogen-bond acceptors (Lipinski definition) is 5. The van der Waals surface area contributed by atoms with Gasteiger partial charge < -0.3 is 0 Å². The summed E-state index contributed by atoms with van der Waals surface area (Å²) >= 11 is 1.59. The van der Waals surface area contributed by atoms with E-state index < -0.39 is 0 Å². The topological polar surface area (TPSA) is 67.2 Å². The molecule has 138 valence electrons. The van der Waals surface area contributed by atoms with Gasteiger partial charge in [-0.05, 0) is 56.9 Å². The molecule has 26 heavy (non-hydrogen) atoms. The van der Waals surface area contributed by atoms with Crippen LogP contribution < -0.4 is 5.43 Å². The van der Waals surface area contributed by atoms with Crippen LogP contribution in [0.15, 0.2) is 40.6 Å². The van der Waals surface area contributed by atoms with Crippen LogP contribution in [0.4, 0.5) is 0 Å². The molecule has 1 atom stereocenters. The van der Waals surface area contributed by atoms with Crippen LogP contribution in [0.3, 0.4) is 0 Å². The van der Waals surface area contributed by atoms with E-state index in [0.717, 1.165) is 40.0 Å². The Morgan fingerprint density at radius 2 is 1.81 bits per heavy atom. The Morgan fingerprint density at radius 3 is 2.38 bits per heavy atom. The van der Waals surface area contributed by atoms with Crippen molar-refractivity contribution in [3.8, 4) is 0 Å². The second-order valence-corrected chi connectivity index (χ2v) is 7.36. The van der Waals surface area contributed by atoms with Crippen molar-refractivity contribution in [1.82, 2.24) is 15.4 Å². The molecule has 2 aromatic rings. The molecule has 0 aliphatic rings. The lowest BCUT2D eigenvalue weighted by molar-refractivity contribution is 0.0954. The summed E-state index contributed by atoms with van der Waals surface area (Å²) in [7, 11) is 0. The number of aromatic nitrogens is 2. The van der Waals surface area contributed by atoms with Crippen molar-refractivity contribution in [2.75, 3.05) is 0 Å². The number of aryl methyl sites for hydroxylation is 2. The Kier molecular flexibility index (Phi) is 7.33. The molecule has 1 amide bonds. The first kappa shape index (κ1) is 20.1. The van der Waals surface area contributed by atoms with E-state index in [2.05, 4.69) is 34.3 Å². The Hall–Kier alpha value is -2.21. The fourth-order valence-electron chi connectivity index (χ4n) is 2.27. The van der Waals surface area contributed by atoms with E-state index in [4.69, 9.17) is 0 Å². The predicted molar refractivity (Wildman–Crippen MR) is 108 cm³/mol. The minimum absolute atomic E-state index is 0.190. The Bertz CT molecular complexity index is 767. The summed E-state index contributed by atoms with van der Waals surface area (Å²) in [6.45, 7) is 10.1. The predicted octanol–water partition coefficient (Wildman–Crippen LogP) is 4.54. The van der Waals surface area contributed by atoms with E-state index in [-0.39, 0.29) is 5.91 Å². The molecule has 0 aliphatic carbocycles. The fourth-order valence-corrected chi connectivity index (χ4v) is 3.17. The van der Waals surface area contributed by atoms with Crippen LogP contribution in [0, 0.1) is 19.8 Å². The van der Waals surface area contributed by atoms with E-state index in [1.807, 2.05) is 51.1 Å². The summed E-state index contributed by atoms with van der Waals surface area (Å²) in [5.74, 6) is 0.933. The van der Waals surface area contributed by atoms with Gasteiger partial charge in [-0.2, -0.15) is 5.10 Å². The smallest absolute Gasteiger partial charge is 0.267 e. The first-order chi connectivity index (χ1) is 12.4. The number of benzene rings is 1. The molecule has 1 N–H and O–H groups in total. The molecule has 1 aromatic carbocycles. The number of carbonyl (C=O) groups is 1. The van der Waals surface area contributed by atoms with Gasteiger partial charge in [0.15, 0.2) is 5.16 Å². The molecular weight excluding hydrogens is 344 g/mol. The highest BCUT2D eigenvalue weighted by molar-refractivity contribution is 7.98. The number of hydrogen-bond donors (Lipinski definition) is 1. The Labute approximate surface area is 159 Å². The van der Waals surface area contributed by atoms with Crippen molar-refractivity contribution >= 4 is 23.4 Å². The molecule has 0 saturated carbocycles. The van der Waals surface area contributed by atoms with Crippen molar-refractivity contribution in [1.29, 1.82) is 0 Å². The van der Waals surface area contributed by atoms with E-state index in [9.17, 15) is 4.79 Å². The SMILES string of the molecule is CC[C@H](C)/C(C)=N\NC(=O)c1ccc(CSc2nc(C)cc(C)n2)cc1. The molecule has 0 unspecified atom stereocenters. The number of carbonyl (C=O) groups excluding carboxylic acids is 1. The molecule has 1 aromatic heterocycles. The van der Waals surface area contributed by atoms with Gasteiger partial charge in [-0.1, -0.05) is 37.7 Å². The average Bonchev–Trinajstić information content (AvgIpc) is 2.63. The highest BCUT2D eigenvalue weighted by atomic mass is 32.2. The molecular formula is C20H26N4OS. The molecule has 0 bridgehead atoms. The maximum atomic E-state index is 12.2. The van der Waals surface area contributed by atoms with Crippen molar-refractivity contribution in [2.24, 2.45) is 11.0 Å². The maximum absolute atomic E-state index is 12.2. The van der Waals surface area contributed by atoms with Gasteiger partial charge in [0, 0.05) is 28.4 Å². The summed E-state index contributed by atoms with van der Waals surface area (Å²) in [6.07, 6.45) is 1.00. The minimum Gasteiger partial charge on any atom is -0.267 e. The molecule has 0 saturated heterocycles. The van der Waals surface area contributed by atoms with Crippen LogP contribution >= 0.6 is 11.8 Å². The number of hydrazone groups is 1. The third-order valence-corrected chi connectivity index (χ3v) is 5.12. The van der Waals surface area contributed by atoms with E-state index in [1.54, 1.807) is 11.8 Å². The van der Waals surface area contributed by atoms with Crippen LogP contribution in [-0.4, -0.2) is 21.6 Å². The van der Waals surface area contributed by atoms with Crippen molar-refractivity contribution in [3.05, 3.63) is 52.8 Å². The highest BCUT2D eigenvalue weighted by Crippen LogP contribution is 2.20. The molecule has 5 nitrogen and oxygen atoms in total. The zero-order valence-electron chi connectivity index (χ0n) is 16.0. The zero-order chi connectivity index (χ0) is 19.1. The fraction of sp³-hybridized carbons (Fsp3) is 0.400. The van der Waals surface area contributed by atoms with Gasteiger partial charge in [-0.25, -0.2) is 15.4 Å². The molecule has 2 rings (SSSR count). The van der Waals surface area contributed by atoms with Crippen LogP contribution in [0.1, 0.15) is 54.5 Å². The number of nitrogens with one attached hydrogen (secondary N) is 1. The van der Waals surface area contributed by atoms with Gasteiger partial charge in [0.1, 0.15) is 0 Å². The number of thioether (sulfide) groups is 1. The van der Waals surface area contributed by atoms with Crippen molar-refractivity contribution < 1.29 is 4.79 Å². The quantitative estimate of drug-likeness (QED) is 0.336. The molecule has 0 radical (unpaired) electrons. The molecule has 1 heterocycles. The summed E-state index contributed by atoms with van der Waals surface area (Å²) < 4.78 is 0. The van der Waals surface area contributed by atoms with Gasteiger partial charge >= 0.3 is 0 Å². The Balaban J connectivity index is 1.94. The highest BCUT2D eigenvalue weighted by Gasteiger charge is 2.07. The third kappa shape index (κ3) is 5.95. The molecule has 6 heteroatoms.